The lowest BCUT2D eigenvalue weighted by atomic mass is 10.0. The maximum absolute atomic E-state index is 6.21. The Hall–Kier alpha value is -3.47. The topological polar surface area (TPSA) is 45.5 Å². The van der Waals surface area contributed by atoms with Crippen LogP contribution < -0.4 is 14.2 Å². The van der Waals surface area contributed by atoms with Gasteiger partial charge < -0.3 is 18.8 Å². The van der Waals surface area contributed by atoms with Crippen molar-refractivity contribution in [2.24, 2.45) is 0 Å². The number of imidazole rings is 1. The number of para-hydroxylation sites is 3. The molecule has 4 aromatic rings. The van der Waals surface area contributed by atoms with Crippen molar-refractivity contribution in [1.29, 1.82) is 0 Å². The average Bonchev–Trinajstić information content (AvgIpc) is 3.16. The Morgan fingerprint density at radius 3 is 2.38 bits per heavy atom. The SMILES string of the molecule is COc1ccc(Cc2nc3ccccc3n2CCOc2ccccc2C(C)C)cc1OC. The number of benzene rings is 3. The Bertz CT molecular complexity index is 1200. The van der Waals surface area contributed by atoms with Crippen molar-refractivity contribution in [2.45, 2.75) is 32.7 Å². The molecule has 166 valence electrons. The van der Waals surface area contributed by atoms with Gasteiger partial charge in [0.2, 0.25) is 0 Å². The van der Waals surface area contributed by atoms with Crippen LogP contribution in [0.3, 0.4) is 0 Å². The molecule has 0 aliphatic carbocycles. The van der Waals surface area contributed by atoms with Crippen molar-refractivity contribution in [1.82, 2.24) is 9.55 Å². The maximum Gasteiger partial charge on any atom is 0.161 e. The van der Waals surface area contributed by atoms with Gasteiger partial charge in [-0.3, -0.25) is 0 Å². The molecule has 0 aliphatic heterocycles. The highest BCUT2D eigenvalue weighted by atomic mass is 16.5. The zero-order valence-corrected chi connectivity index (χ0v) is 19.2. The van der Waals surface area contributed by atoms with E-state index in [0.717, 1.165) is 46.2 Å². The third kappa shape index (κ3) is 4.57. The first-order chi connectivity index (χ1) is 15.6. The molecule has 0 saturated heterocycles. The monoisotopic (exact) mass is 430 g/mol. The van der Waals surface area contributed by atoms with Crippen LogP contribution in [0.25, 0.3) is 11.0 Å². The van der Waals surface area contributed by atoms with Crippen LogP contribution in [0.1, 0.15) is 36.7 Å². The number of ether oxygens (including phenoxy) is 3. The normalized spacial score (nSPS) is 11.2. The molecular formula is C27H30N2O3. The standard InChI is InChI=1S/C27H30N2O3/c1-19(2)21-9-5-8-12-24(21)32-16-15-29-23-11-7-6-10-22(23)28-27(29)18-20-13-14-25(30-3)26(17-20)31-4/h5-14,17,19H,15-16,18H2,1-4H3. The van der Waals surface area contributed by atoms with Gasteiger partial charge in [-0.05, 0) is 47.4 Å². The Morgan fingerprint density at radius 1 is 0.844 bits per heavy atom. The van der Waals surface area contributed by atoms with Gasteiger partial charge in [0.15, 0.2) is 11.5 Å². The number of aromatic nitrogens is 2. The first-order valence-electron chi connectivity index (χ1n) is 11.0. The summed E-state index contributed by atoms with van der Waals surface area (Å²) in [6.45, 7) is 5.66. The van der Waals surface area contributed by atoms with E-state index in [0.29, 0.717) is 18.9 Å². The van der Waals surface area contributed by atoms with E-state index in [1.54, 1.807) is 14.2 Å². The lowest BCUT2D eigenvalue weighted by Gasteiger charge is -2.15. The lowest BCUT2D eigenvalue weighted by Crippen LogP contribution is -2.12. The largest absolute Gasteiger partial charge is 0.493 e. The quantitative estimate of drug-likeness (QED) is 0.334. The molecule has 0 radical (unpaired) electrons. The Balaban J connectivity index is 1.59. The molecule has 0 atom stereocenters. The van der Waals surface area contributed by atoms with Gasteiger partial charge in [0, 0.05) is 6.42 Å². The number of nitrogens with zero attached hydrogens (tertiary/aromatic N) is 2. The summed E-state index contributed by atoms with van der Waals surface area (Å²) in [5, 5.41) is 0. The van der Waals surface area contributed by atoms with Crippen molar-refractivity contribution < 1.29 is 14.2 Å². The van der Waals surface area contributed by atoms with E-state index < -0.39 is 0 Å². The fraction of sp³-hybridized carbons (Fsp3) is 0.296. The molecule has 1 heterocycles. The van der Waals surface area contributed by atoms with E-state index in [1.807, 2.05) is 30.3 Å². The number of hydrogen-bond acceptors (Lipinski definition) is 4. The fourth-order valence-corrected chi connectivity index (χ4v) is 4.02. The Morgan fingerprint density at radius 2 is 1.59 bits per heavy atom. The summed E-state index contributed by atoms with van der Waals surface area (Å²) in [5.74, 6) is 3.82. The first kappa shape index (κ1) is 21.8. The minimum Gasteiger partial charge on any atom is -0.493 e. The average molecular weight is 431 g/mol. The molecule has 0 fully saturated rings. The van der Waals surface area contributed by atoms with E-state index in [-0.39, 0.29) is 0 Å². The minimum absolute atomic E-state index is 0.417. The highest BCUT2D eigenvalue weighted by molar-refractivity contribution is 5.76. The van der Waals surface area contributed by atoms with Crippen molar-refractivity contribution in [3.05, 3.63) is 83.7 Å². The van der Waals surface area contributed by atoms with Crippen molar-refractivity contribution in [3.8, 4) is 17.2 Å². The van der Waals surface area contributed by atoms with Gasteiger partial charge in [-0.15, -0.1) is 0 Å². The summed E-state index contributed by atoms with van der Waals surface area (Å²) in [6, 6.07) is 22.5. The molecule has 0 amide bonds. The van der Waals surface area contributed by atoms with Gasteiger partial charge in [-0.2, -0.15) is 0 Å². The third-order valence-electron chi connectivity index (χ3n) is 5.66. The van der Waals surface area contributed by atoms with Crippen LogP contribution in [0.2, 0.25) is 0 Å². The Kier molecular flexibility index (Phi) is 6.64. The van der Waals surface area contributed by atoms with Crippen LogP contribution in [0.5, 0.6) is 17.2 Å². The summed E-state index contributed by atoms with van der Waals surface area (Å²) in [6.07, 6.45) is 0.692. The van der Waals surface area contributed by atoms with Crippen molar-refractivity contribution in [3.63, 3.8) is 0 Å². The van der Waals surface area contributed by atoms with Gasteiger partial charge in [-0.25, -0.2) is 4.98 Å². The summed E-state index contributed by atoms with van der Waals surface area (Å²) in [4.78, 5) is 4.91. The van der Waals surface area contributed by atoms with E-state index in [4.69, 9.17) is 19.2 Å². The predicted octanol–water partition coefficient (Wildman–Crippen LogP) is 5.85. The van der Waals surface area contributed by atoms with Crippen LogP contribution >= 0.6 is 0 Å². The maximum atomic E-state index is 6.21. The zero-order chi connectivity index (χ0) is 22.5. The molecule has 0 saturated carbocycles. The van der Waals surface area contributed by atoms with Crippen molar-refractivity contribution >= 4 is 11.0 Å². The minimum atomic E-state index is 0.417. The number of fused-ring (bicyclic) bond motifs is 1. The molecule has 5 nitrogen and oxygen atoms in total. The summed E-state index contributed by atoms with van der Waals surface area (Å²) in [5.41, 5.74) is 4.45. The molecule has 0 bridgehead atoms. The predicted molar refractivity (Wildman–Crippen MR) is 128 cm³/mol. The first-order valence-corrected chi connectivity index (χ1v) is 11.0. The number of hydrogen-bond donors (Lipinski definition) is 0. The van der Waals surface area contributed by atoms with E-state index in [2.05, 4.69) is 54.8 Å². The molecule has 32 heavy (non-hydrogen) atoms. The van der Waals surface area contributed by atoms with Crippen molar-refractivity contribution in [2.75, 3.05) is 20.8 Å². The lowest BCUT2D eigenvalue weighted by molar-refractivity contribution is 0.294. The van der Waals surface area contributed by atoms with Gasteiger partial charge >= 0.3 is 0 Å². The molecule has 0 unspecified atom stereocenters. The van der Waals surface area contributed by atoms with Crippen LogP contribution in [0.4, 0.5) is 0 Å². The summed E-state index contributed by atoms with van der Waals surface area (Å²) < 4.78 is 19.3. The van der Waals surface area contributed by atoms with Gasteiger partial charge in [0.25, 0.3) is 0 Å². The molecule has 5 heteroatoms. The third-order valence-corrected chi connectivity index (χ3v) is 5.66. The highest BCUT2D eigenvalue weighted by Crippen LogP contribution is 2.29. The fourth-order valence-electron chi connectivity index (χ4n) is 4.02. The second kappa shape index (κ2) is 9.77. The van der Waals surface area contributed by atoms with Crippen LogP contribution in [0.15, 0.2) is 66.7 Å². The molecule has 1 aromatic heterocycles. The number of rotatable bonds is 9. The molecule has 0 spiro atoms. The summed E-state index contributed by atoms with van der Waals surface area (Å²) in [7, 11) is 3.30. The molecule has 0 N–H and O–H groups in total. The van der Waals surface area contributed by atoms with Gasteiger partial charge in [0.05, 0.1) is 31.8 Å². The molecular weight excluding hydrogens is 400 g/mol. The highest BCUT2D eigenvalue weighted by Gasteiger charge is 2.14. The molecule has 3 aromatic carbocycles. The molecule has 0 aliphatic rings. The van der Waals surface area contributed by atoms with Gasteiger partial charge in [0.1, 0.15) is 18.2 Å². The van der Waals surface area contributed by atoms with E-state index in [1.165, 1.54) is 5.56 Å². The second-order valence-electron chi connectivity index (χ2n) is 8.08. The summed E-state index contributed by atoms with van der Waals surface area (Å²) >= 11 is 0. The second-order valence-corrected chi connectivity index (χ2v) is 8.08. The number of methoxy groups -OCH3 is 2. The van der Waals surface area contributed by atoms with E-state index >= 15 is 0 Å². The molecule has 4 rings (SSSR count). The Labute approximate surface area is 189 Å². The van der Waals surface area contributed by atoms with E-state index in [9.17, 15) is 0 Å². The van der Waals surface area contributed by atoms with Gasteiger partial charge in [-0.1, -0.05) is 50.2 Å². The van der Waals surface area contributed by atoms with Crippen LogP contribution in [-0.2, 0) is 13.0 Å². The van der Waals surface area contributed by atoms with Crippen LogP contribution in [-0.4, -0.2) is 30.4 Å². The smallest absolute Gasteiger partial charge is 0.161 e. The van der Waals surface area contributed by atoms with Crippen LogP contribution in [0, 0.1) is 0 Å². The zero-order valence-electron chi connectivity index (χ0n) is 19.2.